The number of ether oxygens (including phenoxy) is 1. The molecule has 2 aromatic rings. The second kappa shape index (κ2) is 7.56. The number of aryl methyl sites for hydroxylation is 1. The van der Waals surface area contributed by atoms with Gasteiger partial charge in [-0.05, 0) is 41.8 Å². The molecule has 3 nitrogen and oxygen atoms in total. The molecule has 3 heteroatoms. The van der Waals surface area contributed by atoms with Gasteiger partial charge in [-0.3, -0.25) is 0 Å². The van der Waals surface area contributed by atoms with E-state index in [2.05, 4.69) is 36.5 Å². The van der Waals surface area contributed by atoms with Gasteiger partial charge in [0.1, 0.15) is 12.4 Å². The van der Waals surface area contributed by atoms with Crippen molar-refractivity contribution in [2.75, 3.05) is 18.5 Å². The van der Waals surface area contributed by atoms with Crippen LogP contribution in [0.5, 0.6) is 5.75 Å². The van der Waals surface area contributed by atoms with Gasteiger partial charge in [-0.25, -0.2) is 0 Å². The van der Waals surface area contributed by atoms with Crippen LogP contribution in [-0.2, 0) is 13.0 Å². The van der Waals surface area contributed by atoms with Gasteiger partial charge in [-0.2, -0.15) is 0 Å². The summed E-state index contributed by atoms with van der Waals surface area (Å²) in [4.78, 5) is 0. The number of aliphatic hydroxyl groups excluding tert-OH is 1. The zero-order valence-corrected chi connectivity index (χ0v) is 11.8. The lowest BCUT2D eigenvalue weighted by molar-refractivity contribution is 0.201. The van der Waals surface area contributed by atoms with Gasteiger partial charge in [0.25, 0.3) is 0 Å². The molecule has 106 valence electrons. The van der Waals surface area contributed by atoms with Gasteiger partial charge in [-0.15, -0.1) is 0 Å². The average Bonchev–Trinajstić information content (AvgIpc) is 2.52. The Morgan fingerprint density at radius 3 is 2.20 bits per heavy atom. The standard InChI is InChI=1S/C17H21NO2/c1-2-14-3-5-15(6-4-14)13-18-16-7-9-17(10-8-16)20-12-11-19/h3-10,18-19H,2,11-13H2,1H3. The first kappa shape index (κ1) is 14.4. The highest BCUT2D eigenvalue weighted by atomic mass is 16.5. The molecule has 2 rings (SSSR count). The fraction of sp³-hybridized carbons (Fsp3) is 0.294. The van der Waals surface area contributed by atoms with Crippen molar-refractivity contribution in [1.82, 2.24) is 0 Å². The fourth-order valence-corrected chi connectivity index (χ4v) is 1.93. The minimum Gasteiger partial charge on any atom is -0.491 e. The molecule has 0 atom stereocenters. The molecule has 0 heterocycles. The summed E-state index contributed by atoms with van der Waals surface area (Å²) < 4.78 is 5.32. The van der Waals surface area contributed by atoms with E-state index in [-0.39, 0.29) is 6.61 Å². The quantitative estimate of drug-likeness (QED) is 0.812. The molecular formula is C17H21NO2. The van der Waals surface area contributed by atoms with Gasteiger partial charge < -0.3 is 15.2 Å². The van der Waals surface area contributed by atoms with Crippen molar-refractivity contribution >= 4 is 5.69 Å². The number of hydrogen-bond donors (Lipinski definition) is 2. The smallest absolute Gasteiger partial charge is 0.119 e. The molecule has 20 heavy (non-hydrogen) atoms. The highest BCUT2D eigenvalue weighted by Crippen LogP contribution is 2.16. The lowest BCUT2D eigenvalue weighted by Gasteiger charge is -2.09. The molecule has 0 aromatic heterocycles. The molecule has 0 saturated heterocycles. The molecule has 0 aliphatic rings. The Morgan fingerprint density at radius 1 is 0.950 bits per heavy atom. The van der Waals surface area contributed by atoms with Gasteiger partial charge in [0.2, 0.25) is 0 Å². The van der Waals surface area contributed by atoms with Crippen LogP contribution in [-0.4, -0.2) is 18.3 Å². The van der Waals surface area contributed by atoms with Gasteiger partial charge in [0.05, 0.1) is 6.61 Å². The predicted molar refractivity (Wildman–Crippen MR) is 82.2 cm³/mol. The first-order valence-electron chi connectivity index (χ1n) is 6.97. The van der Waals surface area contributed by atoms with Gasteiger partial charge in [0.15, 0.2) is 0 Å². The summed E-state index contributed by atoms with van der Waals surface area (Å²) in [7, 11) is 0. The zero-order chi connectivity index (χ0) is 14.2. The van der Waals surface area contributed by atoms with Crippen molar-refractivity contribution in [2.24, 2.45) is 0 Å². The van der Waals surface area contributed by atoms with Crippen LogP contribution < -0.4 is 10.1 Å². The zero-order valence-electron chi connectivity index (χ0n) is 11.8. The van der Waals surface area contributed by atoms with Gasteiger partial charge in [0, 0.05) is 12.2 Å². The van der Waals surface area contributed by atoms with Crippen LogP contribution in [0.25, 0.3) is 0 Å². The lowest BCUT2D eigenvalue weighted by Crippen LogP contribution is -2.02. The normalized spacial score (nSPS) is 10.3. The monoisotopic (exact) mass is 271 g/mol. The first-order valence-corrected chi connectivity index (χ1v) is 6.97. The molecule has 0 unspecified atom stereocenters. The van der Waals surface area contributed by atoms with Crippen LogP contribution in [0.4, 0.5) is 5.69 Å². The molecule has 0 aliphatic carbocycles. The van der Waals surface area contributed by atoms with Crippen molar-refractivity contribution in [3.8, 4) is 5.75 Å². The van der Waals surface area contributed by atoms with Crippen LogP contribution >= 0.6 is 0 Å². The molecule has 0 radical (unpaired) electrons. The van der Waals surface area contributed by atoms with E-state index in [1.165, 1.54) is 11.1 Å². The summed E-state index contributed by atoms with van der Waals surface area (Å²) >= 11 is 0. The Hall–Kier alpha value is -2.00. The van der Waals surface area contributed by atoms with Crippen molar-refractivity contribution in [3.05, 3.63) is 59.7 Å². The molecule has 0 fully saturated rings. The first-order chi connectivity index (χ1) is 9.81. The molecule has 0 aliphatic heterocycles. The van der Waals surface area contributed by atoms with E-state index in [0.717, 1.165) is 24.4 Å². The summed E-state index contributed by atoms with van der Waals surface area (Å²) in [5.41, 5.74) is 3.68. The maximum atomic E-state index is 8.69. The minimum atomic E-state index is 0.0355. The number of aliphatic hydroxyl groups is 1. The predicted octanol–water partition coefficient (Wildman–Crippen LogP) is 3.23. The van der Waals surface area contributed by atoms with Crippen LogP contribution in [0, 0.1) is 0 Å². The van der Waals surface area contributed by atoms with Gasteiger partial charge >= 0.3 is 0 Å². The molecule has 2 N–H and O–H groups in total. The van der Waals surface area contributed by atoms with E-state index in [0.29, 0.717) is 6.61 Å². The summed E-state index contributed by atoms with van der Waals surface area (Å²) in [6, 6.07) is 16.4. The van der Waals surface area contributed by atoms with Crippen molar-refractivity contribution < 1.29 is 9.84 Å². The van der Waals surface area contributed by atoms with Gasteiger partial charge in [-0.1, -0.05) is 31.2 Å². The van der Waals surface area contributed by atoms with Crippen LogP contribution in [0.15, 0.2) is 48.5 Å². The molecule has 0 spiro atoms. The molecule has 0 amide bonds. The Morgan fingerprint density at radius 2 is 1.60 bits per heavy atom. The Balaban J connectivity index is 1.86. The molecule has 2 aromatic carbocycles. The number of hydrogen-bond acceptors (Lipinski definition) is 3. The average molecular weight is 271 g/mol. The summed E-state index contributed by atoms with van der Waals surface area (Å²) in [6.45, 7) is 3.33. The maximum absolute atomic E-state index is 8.69. The van der Waals surface area contributed by atoms with Crippen LogP contribution in [0.3, 0.4) is 0 Å². The van der Waals surface area contributed by atoms with Crippen LogP contribution in [0.1, 0.15) is 18.1 Å². The summed E-state index contributed by atoms with van der Waals surface area (Å²) in [5.74, 6) is 0.775. The van der Waals surface area contributed by atoms with E-state index in [4.69, 9.17) is 9.84 Å². The Labute approximate surface area is 120 Å². The summed E-state index contributed by atoms with van der Waals surface area (Å²) in [5, 5.41) is 12.1. The van der Waals surface area contributed by atoms with E-state index >= 15 is 0 Å². The van der Waals surface area contributed by atoms with E-state index in [9.17, 15) is 0 Å². The molecule has 0 saturated carbocycles. The second-order valence-corrected chi connectivity index (χ2v) is 4.62. The van der Waals surface area contributed by atoms with E-state index in [1.807, 2.05) is 24.3 Å². The highest BCUT2D eigenvalue weighted by molar-refractivity contribution is 5.46. The highest BCUT2D eigenvalue weighted by Gasteiger charge is 1.97. The molecule has 0 bridgehead atoms. The number of nitrogens with one attached hydrogen (secondary N) is 1. The lowest BCUT2D eigenvalue weighted by atomic mass is 10.1. The SMILES string of the molecule is CCc1ccc(CNc2ccc(OCCO)cc2)cc1. The fourth-order valence-electron chi connectivity index (χ4n) is 1.93. The largest absolute Gasteiger partial charge is 0.491 e. The van der Waals surface area contributed by atoms with Crippen molar-refractivity contribution in [1.29, 1.82) is 0 Å². The number of benzene rings is 2. The topological polar surface area (TPSA) is 41.5 Å². The third kappa shape index (κ3) is 4.28. The Kier molecular flexibility index (Phi) is 5.44. The van der Waals surface area contributed by atoms with E-state index < -0.39 is 0 Å². The minimum absolute atomic E-state index is 0.0355. The number of anilines is 1. The molecular weight excluding hydrogens is 250 g/mol. The summed E-state index contributed by atoms with van der Waals surface area (Å²) in [6.07, 6.45) is 1.07. The third-order valence-corrected chi connectivity index (χ3v) is 3.14. The second-order valence-electron chi connectivity index (χ2n) is 4.62. The van der Waals surface area contributed by atoms with Crippen LogP contribution in [0.2, 0.25) is 0 Å². The number of rotatable bonds is 7. The van der Waals surface area contributed by atoms with Crippen molar-refractivity contribution in [2.45, 2.75) is 19.9 Å². The van der Waals surface area contributed by atoms with E-state index in [1.54, 1.807) is 0 Å². The maximum Gasteiger partial charge on any atom is 0.119 e. The third-order valence-electron chi connectivity index (χ3n) is 3.14. The van der Waals surface area contributed by atoms with Crippen molar-refractivity contribution in [3.63, 3.8) is 0 Å². The Bertz CT molecular complexity index is 506.